The van der Waals surface area contributed by atoms with Crippen molar-refractivity contribution < 1.29 is 4.74 Å². The smallest absolute Gasteiger partial charge is 0.0483 e. The molecule has 3 nitrogen and oxygen atoms in total. The molecule has 1 N–H and O–H groups in total. The van der Waals surface area contributed by atoms with Crippen molar-refractivity contribution >= 4 is 0 Å². The predicted molar refractivity (Wildman–Crippen MR) is 81.8 cm³/mol. The van der Waals surface area contributed by atoms with Gasteiger partial charge in [-0.2, -0.15) is 0 Å². The summed E-state index contributed by atoms with van der Waals surface area (Å²) in [6.07, 6.45) is 2.28. The van der Waals surface area contributed by atoms with Gasteiger partial charge in [-0.15, -0.1) is 0 Å². The Kier molecular flexibility index (Phi) is 4.11. The molecule has 2 heterocycles. The first-order chi connectivity index (χ1) is 9.69. The quantitative estimate of drug-likeness (QED) is 0.897. The topological polar surface area (TPSA) is 24.5 Å². The molecule has 0 spiro atoms. The number of piperazine rings is 1. The molecule has 2 unspecified atom stereocenters. The van der Waals surface area contributed by atoms with Crippen molar-refractivity contribution in [3.05, 3.63) is 35.9 Å². The summed E-state index contributed by atoms with van der Waals surface area (Å²) in [6, 6.07) is 12.0. The number of nitrogens with zero attached hydrogens (tertiary/aromatic N) is 1. The summed E-state index contributed by atoms with van der Waals surface area (Å²) >= 11 is 0. The average molecular weight is 274 g/mol. The van der Waals surface area contributed by atoms with E-state index in [0.717, 1.165) is 39.1 Å². The molecule has 0 bridgehead atoms. The van der Waals surface area contributed by atoms with Gasteiger partial charge in [0.05, 0.1) is 0 Å². The van der Waals surface area contributed by atoms with E-state index in [4.69, 9.17) is 4.74 Å². The maximum atomic E-state index is 5.58. The summed E-state index contributed by atoms with van der Waals surface area (Å²) in [7, 11) is 0. The molecule has 1 aromatic carbocycles. The molecule has 1 aromatic rings. The highest BCUT2D eigenvalue weighted by Gasteiger charge is 2.40. The molecule has 0 radical (unpaired) electrons. The van der Waals surface area contributed by atoms with E-state index < -0.39 is 0 Å². The molecule has 2 fully saturated rings. The Bertz CT molecular complexity index is 428. The fraction of sp³-hybridized carbons (Fsp3) is 0.647. The lowest BCUT2D eigenvalue weighted by Gasteiger charge is -2.51. The van der Waals surface area contributed by atoms with E-state index in [1.807, 2.05) is 0 Å². The third-order valence-corrected chi connectivity index (χ3v) is 4.95. The lowest BCUT2D eigenvalue weighted by molar-refractivity contribution is -0.0532. The van der Waals surface area contributed by atoms with Crippen LogP contribution in [0.3, 0.4) is 0 Å². The summed E-state index contributed by atoms with van der Waals surface area (Å²) in [6.45, 7) is 8.67. The van der Waals surface area contributed by atoms with Crippen LogP contribution in [-0.2, 0) is 4.74 Å². The molecule has 110 valence electrons. The van der Waals surface area contributed by atoms with E-state index in [2.05, 4.69) is 54.4 Å². The fourth-order valence-electron chi connectivity index (χ4n) is 3.58. The van der Waals surface area contributed by atoms with Crippen molar-refractivity contribution in [1.29, 1.82) is 0 Å². The van der Waals surface area contributed by atoms with Gasteiger partial charge in [-0.3, -0.25) is 4.90 Å². The van der Waals surface area contributed by atoms with Crippen LogP contribution in [0.25, 0.3) is 0 Å². The Hall–Kier alpha value is -0.900. The lowest BCUT2D eigenvalue weighted by atomic mass is 9.86. The van der Waals surface area contributed by atoms with Crippen LogP contribution in [-0.4, -0.2) is 42.8 Å². The second-order valence-electron chi connectivity index (χ2n) is 6.50. The highest BCUT2D eigenvalue weighted by Crippen LogP contribution is 2.36. The van der Waals surface area contributed by atoms with Crippen LogP contribution in [0.4, 0.5) is 0 Å². The first-order valence-corrected chi connectivity index (χ1v) is 7.82. The van der Waals surface area contributed by atoms with Crippen LogP contribution in [0.2, 0.25) is 0 Å². The highest BCUT2D eigenvalue weighted by atomic mass is 16.5. The summed E-state index contributed by atoms with van der Waals surface area (Å²) in [4.78, 5) is 2.73. The number of rotatable bonds is 2. The Morgan fingerprint density at radius 1 is 1.20 bits per heavy atom. The van der Waals surface area contributed by atoms with Crippen molar-refractivity contribution in [2.24, 2.45) is 0 Å². The molecular weight excluding hydrogens is 248 g/mol. The molecule has 2 aliphatic heterocycles. The van der Waals surface area contributed by atoms with E-state index in [9.17, 15) is 0 Å². The van der Waals surface area contributed by atoms with Crippen molar-refractivity contribution in [2.75, 3.05) is 26.3 Å². The van der Waals surface area contributed by atoms with Gasteiger partial charge >= 0.3 is 0 Å². The van der Waals surface area contributed by atoms with Crippen molar-refractivity contribution in [2.45, 2.75) is 44.3 Å². The molecule has 3 heteroatoms. The van der Waals surface area contributed by atoms with Gasteiger partial charge in [0, 0.05) is 43.9 Å². The monoisotopic (exact) mass is 274 g/mol. The van der Waals surface area contributed by atoms with Gasteiger partial charge in [0.25, 0.3) is 0 Å². The van der Waals surface area contributed by atoms with E-state index in [-0.39, 0.29) is 5.54 Å². The van der Waals surface area contributed by atoms with E-state index in [1.165, 1.54) is 5.56 Å². The second kappa shape index (κ2) is 5.84. The Labute approximate surface area is 122 Å². The van der Waals surface area contributed by atoms with Gasteiger partial charge in [0.2, 0.25) is 0 Å². The van der Waals surface area contributed by atoms with E-state index in [1.54, 1.807) is 0 Å². The van der Waals surface area contributed by atoms with Crippen LogP contribution in [0.15, 0.2) is 30.3 Å². The van der Waals surface area contributed by atoms with Crippen LogP contribution in [0, 0.1) is 0 Å². The first-order valence-electron chi connectivity index (χ1n) is 7.82. The lowest BCUT2D eigenvalue weighted by Crippen LogP contribution is -2.60. The van der Waals surface area contributed by atoms with Gasteiger partial charge in [0.1, 0.15) is 0 Å². The number of hydrogen-bond acceptors (Lipinski definition) is 3. The summed E-state index contributed by atoms with van der Waals surface area (Å²) in [5.74, 6) is 0. The van der Waals surface area contributed by atoms with Gasteiger partial charge in [-0.25, -0.2) is 0 Å². The van der Waals surface area contributed by atoms with E-state index in [0.29, 0.717) is 12.1 Å². The van der Waals surface area contributed by atoms with E-state index >= 15 is 0 Å². The average Bonchev–Trinajstić information content (AvgIpc) is 2.49. The third-order valence-electron chi connectivity index (χ3n) is 4.95. The normalized spacial score (nSPS) is 31.1. The molecule has 2 aliphatic rings. The first kappa shape index (κ1) is 14.1. The van der Waals surface area contributed by atoms with Crippen LogP contribution in [0.1, 0.15) is 38.3 Å². The van der Waals surface area contributed by atoms with Crippen molar-refractivity contribution in [1.82, 2.24) is 10.2 Å². The number of ether oxygens (including phenoxy) is 1. The summed E-state index contributed by atoms with van der Waals surface area (Å²) in [5.41, 5.74) is 1.70. The zero-order chi connectivity index (χ0) is 14.0. The molecule has 0 aromatic heterocycles. The van der Waals surface area contributed by atoms with Crippen molar-refractivity contribution in [3.8, 4) is 0 Å². The Balaban J connectivity index is 1.87. The van der Waals surface area contributed by atoms with Crippen molar-refractivity contribution in [3.63, 3.8) is 0 Å². The van der Waals surface area contributed by atoms with Gasteiger partial charge in [-0.05, 0) is 32.3 Å². The highest BCUT2D eigenvalue weighted by molar-refractivity contribution is 5.21. The number of nitrogens with one attached hydrogen (secondary N) is 1. The molecule has 2 atom stereocenters. The zero-order valence-corrected chi connectivity index (χ0v) is 12.6. The van der Waals surface area contributed by atoms with Gasteiger partial charge in [0.15, 0.2) is 0 Å². The number of benzene rings is 1. The van der Waals surface area contributed by atoms with Crippen LogP contribution < -0.4 is 5.32 Å². The molecule has 20 heavy (non-hydrogen) atoms. The molecule has 3 rings (SSSR count). The second-order valence-corrected chi connectivity index (χ2v) is 6.50. The molecule has 2 saturated heterocycles. The molecular formula is C17H26N2O. The van der Waals surface area contributed by atoms with Crippen LogP contribution in [0.5, 0.6) is 0 Å². The minimum atomic E-state index is 0.273. The minimum absolute atomic E-state index is 0.273. The Morgan fingerprint density at radius 3 is 2.60 bits per heavy atom. The maximum absolute atomic E-state index is 5.58. The molecule has 0 saturated carbocycles. The summed E-state index contributed by atoms with van der Waals surface area (Å²) in [5, 5.41) is 3.64. The Morgan fingerprint density at radius 2 is 1.90 bits per heavy atom. The minimum Gasteiger partial charge on any atom is -0.381 e. The largest absolute Gasteiger partial charge is 0.381 e. The predicted octanol–water partition coefficient (Wildman–Crippen LogP) is 2.59. The maximum Gasteiger partial charge on any atom is 0.0483 e. The zero-order valence-electron chi connectivity index (χ0n) is 12.6. The molecule has 0 aliphatic carbocycles. The van der Waals surface area contributed by atoms with Crippen LogP contribution >= 0.6 is 0 Å². The standard InChI is InChI=1S/C17H26N2O/c1-14-13-19(17(2)8-10-20-11-9-17)16(12-18-14)15-6-4-3-5-7-15/h3-7,14,16,18H,8-13H2,1-2H3. The molecule has 0 amide bonds. The van der Waals surface area contributed by atoms with Gasteiger partial charge < -0.3 is 10.1 Å². The van der Waals surface area contributed by atoms with Gasteiger partial charge in [-0.1, -0.05) is 30.3 Å². The number of hydrogen-bond donors (Lipinski definition) is 1. The third kappa shape index (κ3) is 2.76. The fourth-order valence-corrected chi connectivity index (χ4v) is 3.58. The summed E-state index contributed by atoms with van der Waals surface area (Å²) < 4.78 is 5.58. The SMILES string of the molecule is CC1CN(C2(C)CCOCC2)C(c2ccccc2)CN1.